The highest BCUT2D eigenvalue weighted by Crippen LogP contribution is 2.52. The molecule has 0 aromatic heterocycles. The van der Waals surface area contributed by atoms with Gasteiger partial charge in [-0.15, -0.1) is 0 Å². The number of benzene rings is 1. The third-order valence-corrected chi connectivity index (χ3v) is 5.37. The summed E-state index contributed by atoms with van der Waals surface area (Å²) in [7, 11) is 0. The van der Waals surface area contributed by atoms with Crippen LogP contribution in [-0.2, 0) is 5.41 Å². The largest absolute Gasteiger partial charge is 0.508 e. The van der Waals surface area contributed by atoms with Crippen LogP contribution in [0.25, 0.3) is 0 Å². The van der Waals surface area contributed by atoms with E-state index < -0.39 is 0 Å². The van der Waals surface area contributed by atoms with Gasteiger partial charge in [0.15, 0.2) is 0 Å². The SMILES string of the molecule is CC(C)(CC1CC2CCC1C2)c1cc(O)ccc1O. The zero-order chi connectivity index (χ0) is 13.6. The second-order valence-corrected chi connectivity index (χ2v) is 7.22. The molecule has 2 bridgehead atoms. The van der Waals surface area contributed by atoms with Gasteiger partial charge in [-0.25, -0.2) is 0 Å². The van der Waals surface area contributed by atoms with Gasteiger partial charge in [-0.05, 0) is 67.1 Å². The molecular formula is C17H24O2. The van der Waals surface area contributed by atoms with E-state index in [4.69, 9.17) is 0 Å². The number of hydrogen-bond acceptors (Lipinski definition) is 2. The molecule has 3 rings (SSSR count). The van der Waals surface area contributed by atoms with Crippen LogP contribution in [0.4, 0.5) is 0 Å². The summed E-state index contributed by atoms with van der Waals surface area (Å²) < 4.78 is 0. The maximum Gasteiger partial charge on any atom is 0.119 e. The topological polar surface area (TPSA) is 40.5 Å². The van der Waals surface area contributed by atoms with Crippen LogP contribution in [0, 0.1) is 17.8 Å². The Balaban J connectivity index is 1.80. The molecule has 1 aromatic rings. The maximum atomic E-state index is 10.1. The van der Waals surface area contributed by atoms with Gasteiger partial charge in [0.25, 0.3) is 0 Å². The lowest BCUT2D eigenvalue weighted by Crippen LogP contribution is -2.24. The highest BCUT2D eigenvalue weighted by Gasteiger charge is 2.42. The van der Waals surface area contributed by atoms with Gasteiger partial charge in [-0.2, -0.15) is 0 Å². The van der Waals surface area contributed by atoms with Crippen molar-refractivity contribution < 1.29 is 10.2 Å². The van der Waals surface area contributed by atoms with E-state index in [-0.39, 0.29) is 11.2 Å². The van der Waals surface area contributed by atoms with Crippen molar-refractivity contribution in [2.75, 3.05) is 0 Å². The summed E-state index contributed by atoms with van der Waals surface area (Å²) in [5.74, 6) is 3.22. The predicted octanol–water partition coefficient (Wildman–Crippen LogP) is 4.20. The molecular weight excluding hydrogens is 236 g/mol. The Hall–Kier alpha value is -1.18. The molecule has 0 amide bonds. The molecule has 0 heterocycles. The molecule has 0 saturated heterocycles. The Bertz CT molecular complexity index is 478. The summed E-state index contributed by atoms with van der Waals surface area (Å²) in [6, 6.07) is 4.88. The molecule has 0 aliphatic heterocycles. The van der Waals surface area contributed by atoms with Gasteiger partial charge in [0, 0.05) is 5.56 Å². The van der Waals surface area contributed by atoms with Crippen molar-refractivity contribution in [1.82, 2.24) is 0 Å². The molecule has 3 unspecified atom stereocenters. The summed E-state index contributed by atoms with van der Waals surface area (Å²) in [5.41, 5.74) is 0.813. The van der Waals surface area contributed by atoms with Gasteiger partial charge in [-0.3, -0.25) is 0 Å². The van der Waals surface area contributed by atoms with Gasteiger partial charge in [0.2, 0.25) is 0 Å². The molecule has 104 valence electrons. The van der Waals surface area contributed by atoms with Gasteiger partial charge in [0.05, 0.1) is 0 Å². The molecule has 0 spiro atoms. The van der Waals surface area contributed by atoms with E-state index in [2.05, 4.69) is 13.8 Å². The van der Waals surface area contributed by atoms with Crippen LogP contribution < -0.4 is 0 Å². The Morgan fingerprint density at radius 1 is 1.16 bits per heavy atom. The maximum absolute atomic E-state index is 10.1. The van der Waals surface area contributed by atoms with Gasteiger partial charge in [0.1, 0.15) is 11.5 Å². The molecule has 2 N–H and O–H groups in total. The summed E-state index contributed by atoms with van der Waals surface area (Å²) in [4.78, 5) is 0. The van der Waals surface area contributed by atoms with Crippen molar-refractivity contribution in [3.63, 3.8) is 0 Å². The van der Waals surface area contributed by atoms with Crippen molar-refractivity contribution in [3.05, 3.63) is 23.8 Å². The van der Waals surface area contributed by atoms with Crippen LogP contribution in [0.2, 0.25) is 0 Å². The average Bonchev–Trinajstić information content (AvgIpc) is 2.93. The minimum absolute atomic E-state index is 0.0715. The van der Waals surface area contributed by atoms with Crippen molar-refractivity contribution in [2.24, 2.45) is 17.8 Å². The van der Waals surface area contributed by atoms with E-state index >= 15 is 0 Å². The fourth-order valence-corrected chi connectivity index (χ4v) is 4.46. The fourth-order valence-electron chi connectivity index (χ4n) is 4.46. The van der Waals surface area contributed by atoms with Crippen molar-refractivity contribution in [3.8, 4) is 11.5 Å². The lowest BCUT2D eigenvalue weighted by molar-refractivity contribution is 0.256. The standard InChI is InChI=1S/C17H24O2/c1-17(2,15-9-14(18)5-6-16(15)19)10-13-8-11-3-4-12(13)7-11/h5-6,9,11-13,18-19H,3-4,7-8,10H2,1-2H3. The number of aromatic hydroxyl groups is 2. The summed E-state index contributed by atoms with van der Waals surface area (Å²) >= 11 is 0. The van der Waals surface area contributed by atoms with Gasteiger partial charge in [-0.1, -0.05) is 20.3 Å². The Morgan fingerprint density at radius 2 is 1.95 bits per heavy atom. The van der Waals surface area contributed by atoms with E-state index in [0.717, 1.165) is 29.7 Å². The molecule has 2 fully saturated rings. The number of phenols is 2. The first-order chi connectivity index (χ1) is 8.95. The average molecular weight is 260 g/mol. The highest BCUT2D eigenvalue weighted by molar-refractivity contribution is 5.43. The van der Waals surface area contributed by atoms with E-state index in [0.29, 0.717) is 5.75 Å². The molecule has 19 heavy (non-hydrogen) atoms. The van der Waals surface area contributed by atoms with Crippen LogP contribution in [0.5, 0.6) is 11.5 Å². The smallest absolute Gasteiger partial charge is 0.119 e. The first-order valence-corrected chi connectivity index (χ1v) is 7.48. The Labute approximate surface area is 115 Å². The van der Waals surface area contributed by atoms with E-state index in [1.165, 1.54) is 25.7 Å². The first-order valence-electron chi connectivity index (χ1n) is 7.48. The monoisotopic (exact) mass is 260 g/mol. The molecule has 2 nitrogen and oxygen atoms in total. The van der Waals surface area contributed by atoms with Gasteiger partial charge < -0.3 is 10.2 Å². The molecule has 1 aromatic carbocycles. The van der Waals surface area contributed by atoms with Crippen LogP contribution in [0.15, 0.2) is 18.2 Å². The molecule has 2 heteroatoms. The molecule has 3 atom stereocenters. The Kier molecular flexibility index (Phi) is 2.99. The zero-order valence-electron chi connectivity index (χ0n) is 11.9. The molecule has 2 saturated carbocycles. The quantitative estimate of drug-likeness (QED) is 0.800. The zero-order valence-corrected chi connectivity index (χ0v) is 11.9. The fraction of sp³-hybridized carbons (Fsp3) is 0.647. The minimum atomic E-state index is -0.0715. The van der Waals surface area contributed by atoms with Crippen LogP contribution in [-0.4, -0.2) is 10.2 Å². The summed E-state index contributed by atoms with van der Waals surface area (Å²) in [6.07, 6.45) is 6.74. The van der Waals surface area contributed by atoms with E-state index in [1.807, 2.05) is 0 Å². The van der Waals surface area contributed by atoms with Gasteiger partial charge >= 0.3 is 0 Å². The van der Waals surface area contributed by atoms with Crippen LogP contribution in [0.3, 0.4) is 0 Å². The highest BCUT2D eigenvalue weighted by atomic mass is 16.3. The molecule has 2 aliphatic rings. The molecule has 0 radical (unpaired) electrons. The predicted molar refractivity (Wildman–Crippen MR) is 76.4 cm³/mol. The van der Waals surface area contributed by atoms with E-state index in [1.54, 1.807) is 18.2 Å². The number of fused-ring (bicyclic) bond motifs is 2. The summed E-state index contributed by atoms with van der Waals surface area (Å²) in [6.45, 7) is 4.38. The van der Waals surface area contributed by atoms with E-state index in [9.17, 15) is 10.2 Å². The second-order valence-electron chi connectivity index (χ2n) is 7.22. The normalized spacial score (nSPS) is 29.9. The third-order valence-electron chi connectivity index (χ3n) is 5.37. The second kappa shape index (κ2) is 4.43. The number of hydrogen-bond donors (Lipinski definition) is 2. The van der Waals surface area contributed by atoms with Crippen LogP contribution in [0.1, 0.15) is 51.5 Å². The van der Waals surface area contributed by atoms with Crippen molar-refractivity contribution in [1.29, 1.82) is 0 Å². The number of phenolic OH excluding ortho intramolecular Hbond substituents is 2. The van der Waals surface area contributed by atoms with Crippen LogP contribution >= 0.6 is 0 Å². The minimum Gasteiger partial charge on any atom is -0.508 e. The lowest BCUT2D eigenvalue weighted by Gasteiger charge is -2.33. The number of rotatable bonds is 3. The lowest BCUT2D eigenvalue weighted by atomic mass is 9.72. The first kappa shape index (κ1) is 12.8. The Morgan fingerprint density at radius 3 is 2.58 bits per heavy atom. The third kappa shape index (κ3) is 2.33. The van der Waals surface area contributed by atoms with Crippen molar-refractivity contribution >= 4 is 0 Å². The van der Waals surface area contributed by atoms with Crippen molar-refractivity contribution in [2.45, 2.75) is 51.4 Å². The summed E-state index contributed by atoms with van der Waals surface area (Å²) in [5, 5.41) is 19.7. The molecule has 2 aliphatic carbocycles.